The fourth-order valence-electron chi connectivity index (χ4n) is 3.07. The molecule has 2 saturated heterocycles. The van der Waals surface area contributed by atoms with Crippen LogP contribution < -0.4 is 0 Å². The van der Waals surface area contributed by atoms with E-state index in [-0.39, 0.29) is 17.5 Å². The van der Waals surface area contributed by atoms with Crippen LogP contribution in [-0.4, -0.2) is 62.0 Å². The second kappa shape index (κ2) is 7.38. The number of amides is 2. The van der Waals surface area contributed by atoms with Crippen molar-refractivity contribution in [3.63, 3.8) is 0 Å². The van der Waals surface area contributed by atoms with Crippen molar-refractivity contribution < 1.29 is 28.2 Å². The summed E-state index contributed by atoms with van der Waals surface area (Å²) in [5, 5.41) is 0.0635. The summed E-state index contributed by atoms with van der Waals surface area (Å²) < 4.78 is 23.7. The van der Waals surface area contributed by atoms with Gasteiger partial charge in [-0.1, -0.05) is 20.8 Å². The summed E-state index contributed by atoms with van der Waals surface area (Å²) in [6.07, 6.45) is -1.92. The molecule has 162 valence electrons. The Kier molecular flexibility index (Phi) is 6.14. The van der Waals surface area contributed by atoms with Gasteiger partial charge in [0.1, 0.15) is 11.7 Å². The second-order valence-electron chi connectivity index (χ2n) is 10.8. The number of ether oxygens (including phenoxy) is 3. The minimum atomic E-state index is -1.99. The summed E-state index contributed by atoms with van der Waals surface area (Å²) >= 11 is 0. The monoisotopic (exact) mass is 415 g/mol. The molecular weight excluding hydrogens is 378 g/mol. The van der Waals surface area contributed by atoms with E-state index in [1.807, 2.05) is 0 Å². The smallest absolute Gasteiger partial charge is 0.417 e. The molecule has 0 aliphatic carbocycles. The Hall–Kier alpha value is -0.963. The first-order valence-corrected chi connectivity index (χ1v) is 12.9. The SMILES string of the molecule is CC(C)(C)OC(=O)N1C[C@H](CO[Si](C)(C)C(C)(C)C)[C@@H]2OC(C)(C)O[C@@H]2C1=O. The standard InChI is InChI=1S/C20H37NO6Si/c1-18(2,3)27-17(23)21-11-13(12-24-28(9,10)19(4,5)6)14-15(16(21)22)26-20(7,8)25-14/h13-15H,11-12H2,1-10H3/t13-,14+,15+/m1/s1. The lowest BCUT2D eigenvalue weighted by Crippen LogP contribution is -2.59. The molecule has 0 unspecified atom stereocenters. The minimum absolute atomic E-state index is 0.0635. The van der Waals surface area contributed by atoms with E-state index in [1.165, 1.54) is 0 Å². The third kappa shape index (κ3) is 5.14. The van der Waals surface area contributed by atoms with Crippen molar-refractivity contribution in [3.05, 3.63) is 0 Å². The van der Waals surface area contributed by atoms with Gasteiger partial charge in [-0.2, -0.15) is 0 Å². The molecule has 0 aromatic carbocycles. The Labute approximate surface area is 170 Å². The van der Waals surface area contributed by atoms with E-state index in [2.05, 4.69) is 33.9 Å². The van der Waals surface area contributed by atoms with Crippen molar-refractivity contribution in [2.24, 2.45) is 5.92 Å². The lowest BCUT2D eigenvalue weighted by atomic mass is 9.93. The number of carbonyl (C=O) groups is 2. The molecule has 0 aromatic heterocycles. The number of rotatable bonds is 3. The van der Waals surface area contributed by atoms with Crippen molar-refractivity contribution in [1.82, 2.24) is 4.90 Å². The summed E-state index contributed by atoms with van der Waals surface area (Å²) in [6.45, 7) is 20.4. The van der Waals surface area contributed by atoms with E-state index in [0.29, 0.717) is 6.61 Å². The Balaban J connectivity index is 2.22. The first-order valence-electron chi connectivity index (χ1n) is 9.97. The number of carbonyl (C=O) groups excluding carboxylic acids is 2. The first kappa shape index (κ1) is 23.3. The normalized spacial score (nSPS) is 28.3. The maximum absolute atomic E-state index is 12.9. The van der Waals surface area contributed by atoms with Gasteiger partial charge in [-0.25, -0.2) is 9.69 Å². The molecule has 2 amide bonds. The molecule has 0 bridgehead atoms. The van der Waals surface area contributed by atoms with Crippen LogP contribution in [0, 0.1) is 5.92 Å². The molecule has 2 aliphatic rings. The summed E-state index contributed by atoms with van der Waals surface area (Å²) in [5.74, 6) is -1.47. The van der Waals surface area contributed by atoms with E-state index >= 15 is 0 Å². The number of imide groups is 1. The fraction of sp³-hybridized carbons (Fsp3) is 0.900. The predicted molar refractivity (Wildman–Crippen MR) is 108 cm³/mol. The Morgan fingerprint density at radius 1 is 1.18 bits per heavy atom. The summed E-state index contributed by atoms with van der Waals surface area (Å²) in [6, 6.07) is 0. The molecule has 8 heteroatoms. The molecular formula is C20H37NO6Si. The topological polar surface area (TPSA) is 74.3 Å². The van der Waals surface area contributed by atoms with Gasteiger partial charge in [-0.3, -0.25) is 4.79 Å². The van der Waals surface area contributed by atoms with Gasteiger partial charge < -0.3 is 18.6 Å². The number of hydrogen-bond acceptors (Lipinski definition) is 6. The lowest BCUT2D eigenvalue weighted by molar-refractivity contribution is -0.158. The molecule has 0 saturated carbocycles. The number of nitrogens with zero attached hydrogens (tertiary/aromatic N) is 1. The van der Waals surface area contributed by atoms with Gasteiger partial charge >= 0.3 is 6.09 Å². The predicted octanol–water partition coefficient (Wildman–Crippen LogP) is 3.92. The average Bonchev–Trinajstić information content (AvgIpc) is 2.79. The molecule has 0 radical (unpaired) electrons. The van der Waals surface area contributed by atoms with Crippen LogP contribution in [-0.2, 0) is 23.4 Å². The van der Waals surface area contributed by atoms with Crippen LogP contribution in [0.1, 0.15) is 55.4 Å². The van der Waals surface area contributed by atoms with Crippen molar-refractivity contribution in [2.75, 3.05) is 13.2 Å². The Bertz CT molecular complexity index is 619. The van der Waals surface area contributed by atoms with Gasteiger partial charge in [0.15, 0.2) is 20.2 Å². The molecule has 2 aliphatic heterocycles. The molecule has 28 heavy (non-hydrogen) atoms. The van der Waals surface area contributed by atoms with Gasteiger partial charge in [0.25, 0.3) is 5.91 Å². The molecule has 2 heterocycles. The Morgan fingerprint density at radius 2 is 1.75 bits per heavy atom. The number of likely N-dealkylation sites (tertiary alicyclic amines) is 1. The van der Waals surface area contributed by atoms with Crippen LogP contribution in [0.5, 0.6) is 0 Å². The average molecular weight is 416 g/mol. The summed E-state index contributed by atoms with van der Waals surface area (Å²) in [7, 11) is -1.99. The van der Waals surface area contributed by atoms with Gasteiger partial charge in [0.2, 0.25) is 0 Å². The zero-order valence-electron chi connectivity index (χ0n) is 19.0. The molecule has 2 fully saturated rings. The highest BCUT2D eigenvalue weighted by Gasteiger charge is 2.55. The van der Waals surface area contributed by atoms with Crippen LogP contribution in [0.15, 0.2) is 0 Å². The fourth-order valence-corrected chi connectivity index (χ4v) is 4.13. The van der Waals surface area contributed by atoms with E-state index in [0.717, 1.165) is 4.90 Å². The lowest BCUT2D eigenvalue weighted by Gasteiger charge is -2.41. The maximum Gasteiger partial charge on any atom is 0.417 e. The maximum atomic E-state index is 12.9. The Morgan fingerprint density at radius 3 is 2.25 bits per heavy atom. The van der Waals surface area contributed by atoms with E-state index in [9.17, 15) is 9.59 Å². The number of piperidine rings is 1. The molecule has 3 atom stereocenters. The van der Waals surface area contributed by atoms with Crippen LogP contribution in [0.3, 0.4) is 0 Å². The van der Waals surface area contributed by atoms with Gasteiger partial charge in [-0.15, -0.1) is 0 Å². The summed E-state index contributed by atoms with van der Waals surface area (Å²) in [5.41, 5.74) is -0.687. The number of fused-ring (bicyclic) bond motifs is 1. The largest absolute Gasteiger partial charge is 0.443 e. The van der Waals surface area contributed by atoms with Crippen LogP contribution in [0.4, 0.5) is 4.79 Å². The highest BCUT2D eigenvalue weighted by molar-refractivity contribution is 6.74. The van der Waals surface area contributed by atoms with Gasteiger partial charge in [0, 0.05) is 19.1 Å². The zero-order chi connectivity index (χ0) is 21.7. The van der Waals surface area contributed by atoms with Crippen molar-refractivity contribution in [2.45, 2.75) is 97.1 Å². The minimum Gasteiger partial charge on any atom is -0.443 e. The number of hydrogen-bond donors (Lipinski definition) is 0. The van der Waals surface area contributed by atoms with Gasteiger partial charge in [-0.05, 0) is 52.8 Å². The van der Waals surface area contributed by atoms with Crippen molar-refractivity contribution >= 4 is 20.3 Å². The van der Waals surface area contributed by atoms with E-state index in [4.69, 9.17) is 18.6 Å². The summed E-state index contributed by atoms with van der Waals surface area (Å²) in [4.78, 5) is 26.7. The highest BCUT2D eigenvalue weighted by atomic mass is 28.4. The van der Waals surface area contributed by atoms with Crippen molar-refractivity contribution in [1.29, 1.82) is 0 Å². The van der Waals surface area contributed by atoms with Crippen LogP contribution in [0.2, 0.25) is 18.1 Å². The highest BCUT2D eigenvalue weighted by Crippen LogP contribution is 2.40. The molecule has 7 nitrogen and oxygen atoms in total. The van der Waals surface area contributed by atoms with E-state index in [1.54, 1.807) is 34.6 Å². The molecule has 0 aromatic rings. The molecule has 2 rings (SSSR count). The second-order valence-corrected chi connectivity index (χ2v) is 15.6. The third-order valence-corrected chi connectivity index (χ3v) is 10.1. The quantitative estimate of drug-likeness (QED) is 0.651. The third-order valence-electron chi connectivity index (χ3n) is 5.60. The molecule has 0 spiro atoms. The van der Waals surface area contributed by atoms with E-state index < -0.39 is 43.9 Å². The zero-order valence-corrected chi connectivity index (χ0v) is 20.0. The van der Waals surface area contributed by atoms with Crippen LogP contribution in [0.25, 0.3) is 0 Å². The molecule has 0 N–H and O–H groups in total. The van der Waals surface area contributed by atoms with Gasteiger partial charge in [0.05, 0.1) is 0 Å². The van der Waals surface area contributed by atoms with Crippen molar-refractivity contribution in [3.8, 4) is 0 Å². The first-order chi connectivity index (χ1) is 12.4. The van der Waals surface area contributed by atoms with Crippen LogP contribution >= 0.6 is 0 Å².